The Morgan fingerprint density at radius 1 is 1.12 bits per heavy atom. The van der Waals surface area contributed by atoms with Gasteiger partial charge < -0.3 is 0 Å². The fourth-order valence-corrected chi connectivity index (χ4v) is 3.02. The van der Waals surface area contributed by atoms with Crippen LogP contribution >= 0.6 is 0 Å². The number of hydrogen-bond donors (Lipinski definition) is 0. The molecule has 1 aliphatic rings. The number of benzene rings is 1. The molecule has 86 valence electrons. The van der Waals surface area contributed by atoms with Crippen LogP contribution in [0.1, 0.15) is 49.7 Å². The summed E-state index contributed by atoms with van der Waals surface area (Å²) in [5.74, 6) is 0. The van der Waals surface area contributed by atoms with E-state index in [0.717, 1.165) is 6.42 Å². The van der Waals surface area contributed by atoms with Gasteiger partial charge >= 0.3 is 0 Å². The summed E-state index contributed by atoms with van der Waals surface area (Å²) < 4.78 is 0. The molecule has 1 fully saturated rings. The first-order chi connectivity index (χ1) is 7.77. The molecule has 0 N–H and O–H groups in total. The zero-order chi connectivity index (χ0) is 11.4. The quantitative estimate of drug-likeness (QED) is 0.636. The van der Waals surface area contributed by atoms with Gasteiger partial charge in [0, 0.05) is 0 Å². The molecule has 0 spiro atoms. The van der Waals surface area contributed by atoms with Crippen LogP contribution in [0, 0.1) is 6.92 Å². The summed E-state index contributed by atoms with van der Waals surface area (Å²) in [6, 6.07) is 9.14. The maximum absolute atomic E-state index is 3.94. The molecule has 0 heteroatoms. The third-order valence-corrected chi connectivity index (χ3v) is 4.01. The lowest BCUT2D eigenvalue weighted by atomic mass is 9.67. The van der Waals surface area contributed by atoms with Crippen molar-refractivity contribution in [3.63, 3.8) is 0 Å². The number of aryl methyl sites for hydroxylation is 1. The Kier molecular flexibility index (Phi) is 3.48. The zero-order valence-corrected chi connectivity index (χ0v) is 10.3. The summed E-state index contributed by atoms with van der Waals surface area (Å²) in [4.78, 5) is 0. The highest BCUT2D eigenvalue weighted by atomic mass is 14.4. The largest absolute Gasteiger partial charge is 0.103 e. The fourth-order valence-electron chi connectivity index (χ4n) is 3.02. The van der Waals surface area contributed by atoms with Crippen molar-refractivity contribution in [1.29, 1.82) is 0 Å². The van der Waals surface area contributed by atoms with Gasteiger partial charge in [0.25, 0.3) is 0 Å². The molecule has 0 atom stereocenters. The summed E-state index contributed by atoms with van der Waals surface area (Å²) in [6.45, 7) is 6.10. The second kappa shape index (κ2) is 4.86. The van der Waals surface area contributed by atoms with Crippen molar-refractivity contribution in [1.82, 2.24) is 0 Å². The van der Waals surface area contributed by atoms with E-state index < -0.39 is 0 Å². The van der Waals surface area contributed by atoms with E-state index in [1.165, 1.54) is 43.2 Å². The van der Waals surface area contributed by atoms with Crippen LogP contribution in [-0.2, 0) is 5.41 Å². The minimum absolute atomic E-state index is 0.397. The normalized spacial score (nSPS) is 19.3. The molecule has 2 rings (SSSR count). The highest BCUT2D eigenvalue weighted by molar-refractivity contribution is 5.30. The number of rotatable bonds is 3. The molecule has 0 amide bonds. The monoisotopic (exact) mass is 214 g/mol. The molecule has 1 aromatic carbocycles. The third-order valence-electron chi connectivity index (χ3n) is 4.01. The van der Waals surface area contributed by atoms with Crippen LogP contribution in [-0.4, -0.2) is 0 Å². The van der Waals surface area contributed by atoms with Crippen molar-refractivity contribution < 1.29 is 0 Å². The Labute approximate surface area is 99.4 Å². The molecule has 0 saturated heterocycles. The zero-order valence-electron chi connectivity index (χ0n) is 10.3. The lowest BCUT2D eigenvalue weighted by molar-refractivity contribution is 0.295. The van der Waals surface area contributed by atoms with Gasteiger partial charge in [0.1, 0.15) is 0 Å². The molecule has 1 aromatic rings. The Hall–Kier alpha value is -1.04. The van der Waals surface area contributed by atoms with Crippen molar-refractivity contribution in [2.24, 2.45) is 0 Å². The number of hydrogen-bond acceptors (Lipinski definition) is 0. The van der Waals surface area contributed by atoms with Crippen LogP contribution in [0.25, 0.3) is 0 Å². The molecule has 0 nitrogen and oxygen atoms in total. The van der Waals surface area contributed by atoms with Gasteiger partial charge in [0.05, 0.1) is 0 Å². The smallest absolute Gasteiger partial charge is 0.00126 e. The van der Waals surface area contributed by atoms with Crippen molar-refractivity contribution in [2.45, 2.75) is 50.9 Å². The molecule has 16 heavy (non-hydrogen) atoms. The Morgan fingerprint density at radius 2 is 1.75 bits per heavy atom. The first-order valence-electron chi connectivity index (χ1n) is 6.45. The van der Waals surface area contributed by atoms with Crippen molar-refractivity contribution >= 4 is 0 Å². The van der Waals surface area contributed by atoms with Gasteiger partial charge in [-0.3, -0.25) is 0 Å². The average molecular weight is 214 g/mol. The molecule has 0 radical (unpaired) electrons. The summed E-state index contributed by atoms with van der Waals surface area (Å²) in [6.07, 6.45) is 10.1. The van der Waals surface area contributed by atoms with Crippen LogP contribution in [0.4, 0.5) is 0 Å². The summed E-state index contributed by atoms with van der Waals surface area (Å²) in [7, 11) is 0. The van der Waals surface area contributed by atoms with Crippen molar-refractivity contribution in [2.75, 3.05) is 0 Å². The predicted molar refractivity (Wildman–Crippen MR) is 70.8 cm³/mol. The summed E-state index contributed by atoms with van der Waals surface area (Å²) in [5, 5.41) is 0. The van der Waals surface area contributed by atoms with Gasteiger partial charge in [-0.05, 0) is 37.2 Å². The Balaban J connectivity index is 2.30. The van der Waals surface area contributed by atoms with E-state index in [1.807, 2.05) is 0 Å². The van der Waals surface area contributed by atoms with Crippen LogP contribution in [0.5, 0.6) is 0 Å². The molecule has 0 heterocycles. The fraction of sp³-hybridized carbons (Fsp3) is 0.500. The minimum Gasteiger partial charge on any atom is -0.103 e. The summed E-state index contributed by atoms with van der Waals surface area (Å²) in [5.41, 5.74) is 3.28. The van der Waals surface area contributed by atoms with E-state index >= 15 is 0 Å². The van der Waals surface area contributed by atoms with Crippen LogP contribution < -0.4 is 0 Å². The van der Waals surface area contributed by atoms with Crippen LogP contribution in [0.2, 0.25) is 0 Å². The standard InChI is InChI=1S/C16H22/c1-3-11-16(12-5-4-6-13-16)15-9-7-14(2)8-10-15/h3,7-10H,1,4-6,11-13H2,2H3. The van der Waals surface area contributed by atoms with Gasteiger partial charge in [0.2, 0.25) is 0 Å². The first-order valence-corrected chi connectivity index (χ1v) is 6.45. The van der Waals surface area contributed by atoms with E-state index in [2.05, 4.69) is 43.8 Å². The Morgan fingerprint density at radius 3 is 2.31 bits per heavy atom. The van der Waals surface area contributed by atoms with Crippen LogP contribution in [0.3, 0.4) is 0 Å². The van der Waals surface area contributed by atoms with Crippen molar-refractivity contribution in [3.8, 4) is 0 Å². The van der Waals surface area contributed by atoms with E-state index in [0.29, 0.717) is 5.41 Å². The molecular formula is C16H22. The van der Waals surface area contributed by atoms with Gasteiger partial charge in [-0.25, -0.2) is 0 Å². The van der Waals surface area contributed by atoms with Gasteiger partial charge in [0.15, 0.2) is 0 Å². The lowest BCUT2D eigenvalue weighted by Crippen LogP contribution is -2.28. The highest BCUT2D eigenvalue weighted by Gasteiger charge is 2.32. The number of allylic oxidation sites excluding steroid dienone is 1. The molecule has 0 bridgehead atoms. The summed E-state index contributed by atoms with van der Waals surface area (Å²) >= 11 is 0. The third kappa shape index (κ3) is 2.21. The lowest BCUT2D eigenvalue weighted by Gasteiger charge is -2.37. The second-order valence-electron chi connectivity index (χ2n) is 5.20. The molecule has 1 saturated carbocycles. The maximum Gasteiger partial charge on any atom is -0.00126 e. The molecule has 0 unspecified atom stereocenters. The minimum atomic E-state index is 0.397. The Bertz CT molecular complexity index is 339. The van der Waals surface area contributed by atoms with Gasteiger partial charge in [-0.1, -0.05) is 55.2 Å². The van der Waals surface area contributed by atoms with Gasteiger partial charge in [-0.15, -0.1) is 6.58 Å². The van der Waals surface area contributed by atoms with E-state index in [4.69, 9.17) is 0 Å². The van der Waals surface area contributed by atoms with E-state index in [1.54, 1.807) is 0 Å². The average Bonchev–Trinajstić information content (AvgIpc) is 2.31. The SMILES string of the molecule is C=CCC1(c2ccc(C)cc2)CCCCC1. The van der Waals surface area contributed by atoms with E-state index in [9.17, 15) is 0 Å². The van der Waals surface area contributed by atoms with Crippen molar-refractivity contribution in [3.05, 3.63) is 48.0 Å². The first kappa shape index (κ1) is 11.4. The molecule has 0 aliphatic heterocycles. The topological polar surface area (TPSA) is 0 Å². The molecule has 0 aromatic heterocycles. The second-order valence-corrected chi connectivity index (χ2v) is 5.20. The highest BCUT2D eigenvalue weighted by Crippen LogP contribution is 2.42. The molecule has 1 aliphatic carbocycles. The maximum atomic E-state index is 3.94. The van der Waals surface area contributed by atoms with Crippen LogP contribution in [0.15, 0.2) is 36.9 Å². The van der Waals surface area contributed by atoms with Gasteiger partial charge in [-0.2, -0.15) is 0 Å². The van der Waals surface area contributed by atoms with E-state index in [-0.39, 0.29) is 0 Å². The predicted octanol–water partition coefficient (Wildman–Crippen LogP) is 4.77. The molecular weight excluding hydrogens is 192 g/mol.